The van der Waals surface area contributed by atoms with E-state index in [9.17, 15) is 14.3 Å². The van der Waals surface area contributed by atoms with Gasteiger partial charge in [0.15, 0.2) is 0 Å². The monoisotopic (exact) mass is 208 g/mol. The quantitative estimate of drug-likeness (QED) is 0.740. The fourth-order valence-electron chi connectivity index (χ4n) is 1.43. The SMILES string of the molecule is Cn1[nH]c(=O)c(-c2cccc(F)c2)c1O. The van der Waals surface area contributed by atoms with E-state index in [0.29, 0.717) is 5.56 Å². The Bertz CT molecular complexity index is 557. The number of nitrogens with one attached hydrogen (secondary N) is 1. The molecular weight excluding hydrogens is 199 g/mol. The van der Waals surface area contributed by atoms with Gasteiger partial charge in [-0.25, -0.2) is 4.39 Å². The molecule has 5 heteroatoms. The third-order valence-corrected chi connectivity index (χ3v) is 2.15. The summed E-state index contributed by atoms with van der Waals surface area (Å²) in [6, 6.07) is 5.52. The number of aromatic nitrogens is 2. The van der Waals surface area contributed by atoms with Crippen molar-refractivity contribution in [2.75, 3.05) is 0 Å². The molecule has 0 fully saturated rings. The Labute approximate surface area is 84.6 Å². The van der Waals surface area contributed by atoms with Crippen molar-refractivity contribution in [1.29, 1.82) is 0 Å². The standard InChI is InChI=1S/C10H9FN2O2/c1-13-10(15)8(9(14)12-13)6-3-2-4-7(11)5-6/h2-5,15H,1H3,(H,12,14). The number of rotatable bonds is 1. The van der Waals surface area contributed by atoms with Crippen LogP contribution in [0.2, 0.25) is 0 Å². The molecule has 1 heterocycles. The average molecular weight is 208 g/mol. The molecule has 0 amide bonds. The zero-order chi connectivity index (χ0) is 11.0. The third kappa shape index (κ3) is 1.52. The van der Waals surface area contributed by atoms with E-state index in [0.717, 1.165) is 0 Å². The number of halogens is 1. The first-order valence-electron chi connectivity index (χ1n) is 4.33. The van der Waals surface area contributed by atoms with Gasteiger partial charge in [0.05, 0.1) is 0 Å². The van der Waals surface area contributed by atoms with Gasteiger partial charge in [0, 0.05) is 7.05 Å². The third-order valence-electron chi connectivity index (χ3n) is 2.15. The highest BCUT2D eigenvalue weighted by molar-refractivity contribution is 5.67. The van der Waals surface area contributed by atoms with Crippen molar-refractivity contribution in [3.05, 3.63) is 40.4 Å². The molecule has 78 valence electrons. The number of aryl methyl sites for hydroxylation is 1. The molecule has 2 rings (SSSR count). The molecule has 0 saturated carbocycles. The molecule has 1 aromatic heterocycles. The minimum atomic E-state index is -0.449. The summed E-state index contributed by atoms with van der Waals surface area (Å²) in [4.78, 5) is 11.4. The number of hydrogen-bond donors (Lipinski definition) is 2. The van der Waals surface area contributed by atoms with Crippen molar-refractivity contribution >= 4 is 0 Å². The molecule has 0 aliphatic heterocycles. The number of H-pyrrole nitrogens is 1. The lowest BCUT2D eigenvalue weighted by molar-refractivity contribution is 0.420. The Balaban J connectivity index is 2.69. The molecule has 0 spiro atoms. The molecule has 15 heavy (non-hydrogen) atoms. The van der Waals surface area contributed by atoms with Crippen LogP contribution in [0.4, 0.5) is 4.39 Å². The van der Waals surface area contributed by atoms with E-state index in [2.05, 4.69) is 5.10 Å². The van der Waals surface area contributed by atoms with Crippen LogP contribution in [0.3, 0.4) is 0 Å². The first kappa shape index (κ1) is 9.51. The fraction of sp³-hybridized carbons (Fsp3) is 0.100. The molecule has 0 radical (unpaired) electrons. The second kappa shape index (κ2) is 3.27. The summed E-state index contributed by atoms with van der Waals surface area (Å²) in [5.41, 5.74) is -0.00745. The molecule has 0 atom stereocenters. The summed E-state index contributed by atoms with van der Waals surface area (Å²) in [5.74, 6) is -0.652. The summed E-state index contributed by atoms with van der Waals surface area (Å²) in [5, 5.41) is 12.0. The van der Waals surface area contributed by atoms with Crippen molar-refractivity contribution < 1.29 is 9.50 Å². The van der Waals surface area contributed by atoms with Crippen molar-refractivity contribution in [3.63, 3.8) is 0 Å². The molecule has 1 aromatic carbocycles. The van der Waals surface area contributed by atoms with Crippen molar-refractivity contribution in [2.24, 2.45) is 7.05 Å². The zero-order valence-electron chi connectivity index (χ0n) is 7.99. The number of aromatic amines is 1. The Hall–Kier alpha value is -2.04. The minimum Gasteiger partial charge on any atom is -0.493 e. The summed E-state index contributed by atoms with van der Waals surface area (Å²) in [6.07, 6.45) is 0. The highest BCUT2D eigenvalue weighted by atomic mass is 19.1. The minimum absolute atomic E-state index is 0.0806. The lowest BCUT2D eigenvalue weighted by Crippen LogP contribution is -2.03. The number of hydrogen-bond acceptors (Lipinski definition) is 2. The maximum atomic E-state index is 12.9. The van der Waals surface area contributed by atoms with Crippen LogP contribution >= 0.6 is 0 Å². The molecule has 0 aliphatic rings. The van der Waals surface area contributed by atoms with Gasteiger partial charge in [0.1, 0.15) is 11.4 Å². The van der Waals surface area contributed by atoms with Crippen LogP contribution in [-0.4, -0.2) is 14.9 Å². The van der Waals surface area contributed by atoms with E-state index in [-0.39, 0.29) is 11.4 Å². The molecule has 4 nitrogen and oxygen atoms in total. The van der Waals surface area contributed by atoms with Gasteiger partial charge in [-0.3, -0.25) is 14.6 Å². The molecule has 0 bridgehead atoms. The molecule has 2 aromatic rings. The molecule has 2 N–H and O–H groups in total. The van der Waals surface area contributed by atoms with Gasteiger partial charge in [0.2, 0.25) is 5.88 Å². The number of benzene rings is 1. The van der Waals surface area contributed by atoms with Crippen LogP contribution in [0.1, 0.15) is 0 Å². The van der Waals surface area contributed by atoms with Crippen molar-refractivity contribution in [1.82, 2.24) is 9.78 Å². The number of nitrogens with zero attached hydrogens (tertiary/aromatic N) is 1. The van der Waals surface area contributed by atoms with E-state index in [1.807, 2.05) is 0 Å². The predicted molar refractivity (Wildman–Crippen MR) is 53.1 cm³/mol. The van der Waals surface area contributed by atoms with Crippen molar-refractivity contribution in [3.8, 4) is 17.0 Å². The van der Waals surface area contributed by atoms with Gasteiger partial charge >= 0.3 is 0 Å². The Morgan fingerprint density at radius 1 is 1.47 bits per heavy atom. The average Bonchev–Trinajstić information content (AvgIpc) is 2.41. The fourth-order valence-corrected chi connectivity index (χ4v) is 1.43. The van der Waals surface area contributed by atoms with E-state index >= 15 is 0 Å². The maximum absolute atomic E-state index is 12.9. The van der Waals surface area contributed by atoms with Crippen LogP contribution < -0.4 is 5.56 Å². The zero-order valence-corrected chi connectivity index (χ0v) is 7.99. The molecule has 0 saturated heterocycles. The van der Waals surface area contributed by atoms with E-state index in [4.69, 9.17) is 0 Å². The normalized spacial score (nSPS) is 10.5. The van der Waals surface area contributed by atoms with Gasteiger partial charge in [0.25, 0.3) is 5.56 Å². The Kier molecular flexibility index (Phi) is 2.07. The lowest BCUT2D eigenvalue weighted by Gasteiger charge is -1.98. The second-order valence-electron chi connectivity index (χ2n) is 3.21. The van der Waals surface area contributed by atoms with E-state index < -0.39 is 11.4 Å². The van der Waals surface area contributed by atoms with Crippen molar-refractivity contribution in [2.45, 2.75) is 0 Å². The smallest absolute Gasteiger partial charge is 0.275 e. The molecular formula is C10H9FN2O2. The van der Waals surface area contributed by atoms with Gasteiger partial charge < -0.3 is 5.11 Å². The largest absolute Gasteiger partial charge is 0.493 e. The van der Waals surface area contributed by atoms with Gasteiger partial charge in [-0.05, 0) is 17.7 Å². The summed E-state index contributed by atoms with van der Waals surface area (Å²) < 4.78 is 14.1. The highest BCUT2D eigenvalue weighted by Gasteiger charge is 2.13. The van der Waals surface area contributed by atoms with E-state index in [1.165, 1.54) is 29.9 Å². The van der Waals surface area contributed by atoms with Gasteiger partial charge in [-0.15, -0.1) is 0 Å². The first-order chi connectivity index (χ1) is 7.09. The van der Waals surface area contributed by atoms with Gasteiger partial charge in [-0.1, -0.05) is 12.1 Å². The Morgan fingerprint density at radius 2 is 2.20 bits per heavy atom. The summed E-state index contributed by atoms with van der Waals surface area (Å²) in [6.45, 7) is 0. The molecule has 0 unspecified atom stereocenters. The highest BCUT2D eigenvalue weighted by Crippen LogP contribution is 2.24. The summed E-state index contributed by atoms with van der Waals surface area (Å²) >= 11 is 0. The number of aromatic hydroxyl groups is 1. The first-order valence-corrected chi connectivity index (χ1v) is 4.33. The van der Waals surface area contributed by atoms with Gasteiger partial charge in [-0.2, -0.15) is 0 Å². The lowest BCUT2D eigenvalue weighted by atomic mass is 10.1. The Morgan fingerprint density at radius 3 is 2.73 bits per heavy atom. The predicted octanol–water partition coefficient (Wildman–Crippen LogP) is 1.23. The van der Waals surface area contributed by atoms with Crippen LogP contribution in [-0.2, 0) is 7.05 Å². The summed E-state index contributed by atoms with van der Waals surface area (Å²) in [7, 11) is 1.50. The molecule has 0 aliphatic carbocycles. The van der Waals surface area contributed by atoms with Crippen LogP contribution in [0.25, 0.3) is 11.1 Å². The second-order valence-corrected chi connectivity index (χ2v) is 3.21. The maximum Gasteiger partial charge on any atom is 0.275 e. The van der Waals surface area contributed by atoms with Crippen LogP contribution in [0.5, 0.6) is 5.88 Å². The van der Waals surface area contributed by atoms with Crippen LogP contribution in [0, 0.1) is 5.82 Å². The van der Waals surface area contributed by atoms with Crippen LogP contribution in [0.15, 0.2) is 29.1 Å². The topological polar surface area (TPSA) is 58.0 Å². The van der Waals surface area contributed by atoms with E-state index in [1.54, 1.807) is 6.07 Å².